The van der Waals surface area contributed by atoms with Gasteiger partial charge in [-0.2, -0.15) is 0 Å². The second-order valence-corrected chi connectivity index (χ2v) is 5.59. The van der Waals surface area contributed by atoms with Crippen LogP contribution in [0.4, 0.5) is 0 Å². The van der Waals surface area contributed by atoms with Crippen LogP contribution in [-0.4, -0.2) is 21.5 Å². The number of rotatable bonds is 2. The van der Waals surface area contributed by atoms with E-state index in [1.165, 1.54) is 25.7 Å². The maximum Gasteiger partial charge on any atom is 0.276 e. The lowest BCUT2D eigenvalue weighted by Gasteiger charge is -2.24. The summed E-state index contributed by atoms with van der Waals surface area (Å²) >= 11 is 1.65. The van der Waals surface area contributed by atoms with Crippen molar-refractivity contribution in [2.45, 2.75) is 62.0 Å². The molecule has 16 heavy (non-hydrogen) atoms. The summed E-state index contributed by atoms with van der Waals surface area (Å²) in [5, 5.41) is 8.96. The molecule has 0 bridgehead atoms. The first kappa shape index (κ1) is 11.9. The highest BCUT2D eigenvalue weighted by atomic mass is 32.2. The first-order chi connectivity index (χ1) is 7.75. The number of thioether (sulfide) groups is 1. The van der Waals surface area contributed by atoms with Gasteiger partial charge in [-0.25, -0.2) is 0 Å². The average Bonchev–Trinajstić information content (AvgIpc) is 2.64. The molecule has 1 aliphatic carbocycles. The third kappa shape index (κ3) is 3.22. The molecule has 2 rings (SSSR count). The van der Waals surface area contributed by atoms with Crippen molar-refractivity contribution in [3.8, 4) is 0 Å². The summed E-state index contributed by atoms with van der Waals surface area (Å²) in [4.78, 5) is 0. The molecule has 1 saturated carbocycles. The van der Waals surface area contributed by atoms with Crippen molar-refractivity contribution in [2.75, 3.05) is 0 Å². The van der Waals surface area contributed by atoms with E-state index in [0.29, 0.717) is 16.4 Å². The van der Waals surface area contributed by atoms with E-state index in [2.05, 4.69) is 10.2 Å². The smallest absolute Gasteiger partial charge is 0.276 e. The quantitative estimate of drug-likeness (QED) is 0.862. The Morgan fingerprint density at radius 2 is 1.94 bits per heavy atom. The van der Waals surface area contributed by atoms with Gasteiger partial charge in [0.25, 0.3) is 5.22 Å². The fourth-order valence-electron chi connectivity index (χ4n) is 2.08. The SMILES string of the molecule is Cc1nnc(SC2CCCCCCC2N)o1. The van der Waals surface area contributed by atoms with Gasteiger partial charge in [0.15, 0.2) is 0 Å². The Kier molecular flexibility index (Phi) is 4.23. The van der Waals surface area contributed by atoms with Crippen LogP contribution < -0.4 is 5.73 Å². The van der Waals surface area contributed by atoms with Crippen LogP contribution in [0.3, 0.4) is 0 Å². The minimum absolute atomic E-state index is 0.262. The average molecular weight is 241 g/mol. The lowest BCUT2D eigenvalue weighted by Crippen LogP contribution is -2.33. The minimum Gasteiger partial charge on any atom is -0.416 e. The fourth-order valence-corrected chi connectivity index (χ4v) is 3.19. The Morgan fingerprint density at radius 1 is 1.19 bits per heavy atom. The molecule has 2 unspecified atom stereocenters. The van der Waals surface area contributed by atoms with Gasteiger partial charge < -0.3 is 10.2 Å². The van der Waals surface area contributed by atoms with Crippen LogP contribution in [0, 0.1) is 6.92 Å². The van der Waals surface area contributed by atoms with Crippen molar-refractivity contribution in [1.29, 1.82) is 0 Å². The van der Waals surface area contributed by atoms with Gasteiger partial charge in [-0.05, 0) is 12.8 Å². The molecule has 1 heterocycles. The van der Waals surface area contributed by atoms with Gasteiger partial charge in [0.05, 0.1) is 0 Å². The molecule has 0 aliphatic heterocycles. The predicted octanol–water partition coefficient (Wildman–Crippen LogP) is 2.52. The molecule has 1 aromatic rings. The van der Waals surface area contributed by atoms with Crippen LogP contribution in [0.2, 0.25) is 0 Å². The van der Waals surface area contributed by atoms with Gasteiger partial charge in [-0.3, -0.25) is 0 Å². The Bertz CT molecular complexity index is 329. The Balaban J connectivity index is 1.95. The molecular formula is C11H19N3OS. The summed E-state index contributed by atoms with van der Waals surface area (Å²) in [5.41, 5.74) is 6.19. The molecule has 1 aromatic heterocycles. The second-order valence-electron chi connectivity index (χ2n) is 4.40. The zero-order valence-electron chi connectivity index (χ0n) is 9.69. The van der Waals surface area contributed by atoms with E-state index >= 15 is 0 Å². The van der Waals surface area contributed by atoms with Gasteiger partial charge in [0, 0.05) is 18.2 Å². The molecule has 4 nitrogen and oxygen atoms in total. The van der Waals surface area contributed by atoms with Gasteiger partial charge >= 0.3 is 0 Å². The molecule has 0 aromatic carbocycles. The van der Waals surface area contributed by atoms with E-state index < -0.39 is 0 Å². The standard InChI is InChI=1S/C11H19N3OS/c1-8-13-14-11(15-8)16-10-7-5-3-2-4-6-9(10)12/h9-10H,2-7,12H2,1H3. The third-order valence-electron chi connectivity index (χ3n) is 3.01. The van der Waals surface area contributed by atoms with E-state index in [1.807, 2.05) is 6.92 Å². The monoisotopic (exact) mass is 241 g/mol. The number of aryl methyl sites for hydroxylation is 1. The highest BCUT2D eigenvalue weighted by Gasteiger charge is 2.22. The maximum atomic E-state index is 6.19. The molecule has 2 N–H and O–H groups in total. The van der Waals surface area contributed by atoms with Crippen molar-refractivity contribution in [2.24, 2.45) is 5.73 Å². The van der Waals surface area contributed by atoms with Crippen LogP contribution in [0.25, 0.3) is 0 Å². The topological polar surface area (TPSA) is 64.9 Å². The van der Waals surface area contributed by atoms with E-state index in [9.17, 15) is 0 Å². The van der Waals surface area contributed by atoms with E-state index in [0.717, 1.165) is 12.8 Å². The van der Waals surface area contributed by atoms with E-state index in [4.69, 9.17) is 10.2 Å². The van der Waals surface area contributed by atoms with Crippen molar-refractivity contribution in [3.63, 3.8) is 0 Å². The van der Waals surface area contributed by atoms with Crippen molar-refractivity contribution < 1.29 is 4.42 Å². The number of hydrogen-bond acceptors (Lipinski definition) is 5. The van der Waals surface area contributed by atoms with Crippen LogP contribution >= 0.6 is 11.8 Å². The molecule has 2 atom stereocenters. The molecule has 0 amide bonds. The third-order valence-corrected chi connectivity index (χ3v) is 4.27. The molecule has 90 valence electrons. The molecule has 1 fully saturated rings. The zero-order valence-corrected chi connectivity index (χ0v) is 10.5. The highest BCUT2D eigenvalue weighted by molar-refractivity contribution is 7.99. The normalized spacial score (nSPS) is 27.4. The highest BCUT2D eigenvalue weighted by Crippen LogP contribution is 2.30. The van der Waals surface area contributed by atoms with Crippen LogP contribution in [0.5, 0.6) is 0 Å². The van der Waals surface area contributed by atoms with E-state index in [1.54, 1.807) is 11.8 Å². The Labute approximate surface area is 100 Å². The first-order valence-electron chi connectivity index (χ1n) is 5.98. The van der Waals surface area contributed by atoms with Gasteiger partial charge in [0.2, 0.25) is 5.89 Å². The Morgan fingerprint density at radius 3 is 2.62 bits per heavy atom. The molecular weight excluding hydrogens is 222 g/mol. The summed E-state index contributed by atoms with van der Waals surface area (Å²) in [6.07, 6.45) is 7.44. The predicted molar refractivity (Wildman–Crippen MR) is 64.4 cm³/mol. The summed E-state index contributed by atoms with van der Waals surface area (Å²) in [5.74, 6) is 0.627. The number of nitrogens with two attached hydrogens (primary N) is 1. The molecule has 0 saturated heterocycles. The molecule has 0 spiro atoms. The lowest BCUT2D eigenvalue weighted by molar-refractivity contribution is 0.421. The number of aromatic nitrogens is 2. The fraction of sp³-hybridized carbons (Fsp3) is 0.818. The van der Waals surface area contributed by atoms with Crippen LogP contribution in [0.1, 0.15) is 44.4 Å². The lowest BCUT2D eigenvalue weighted by atomic mass is 9.97. The van der Waals surface area contributed by atoms with E-state index in [-0.39, 0.29) is 6.04 Å². The van der Waals surface area contributed by atoms with Gasteiger partial charge in [-0.1, -0.05) is 37.4 Å². The summed E-state index contributed by atoms with van der Waals surface area (Å²) < 4.78 is 5.39. The molecule has 0 radical (unpaired) electrons. The summed E-state index contributed by atoms with van der Waals surface area (Å²) in [7, 11) is 0. The van der Waals surface area contributed by atoms with Crippen molar-refractivity contribution in [1.82, 2.24) is 10.2 Å². The number of hydrogen-bond donors (Lipinski definition) is 1. The largest absolute Gasteiger partial charge is 0.416 e. The summed E-state index contributed by atoms with van der Waals surface area (Å²) in [6, 6.07) is 0.262. The van der Waals surface area contributed by atoms with Crippen LogP contribution in [0.15, 0.2) is 9.64 Å². The van der Waals surface area contributed by atoms with Crippen molar-refractivity contribution in [3.05, 3.63) is 5.89 Å². The molecule has 1 aliphatic rings. The van der Waals surface area contributed by atoms with Crippen molar-refractivity contribution >= 4 is 11.8 Å². The minimum atomic E-state index is 0.262. The second kappa shape index (κ2) is 5.68. The van der Waals surface area contributed by atoms with Crippen LogP contribution in [-0.2, 0) is 0 Å². The zero-order chi connectivity index (χ0) is 11.4. The first-order valence-corrected chi connectivity index (χ1v) is 6.86. The maximum absolute atomic E-state index is 6.19. The number of nitrogens with zero attached hydrogens (tertiary/aromatic N) is 2. The van der Waals surface area contributed by atoms with Gasteiger partial charge in [-0.15, -0.1) is 10.2 Å². The molecule has 5 heteroatoms. The Hall–Kier alpha value is -0.550. The van der Waals surface area contributed by atoms with Gasteiger partial charge in [0.1, 0.15) is 0 Å². The summed E-state index contributed by atoms with van der Waals surface area (Å²) in [6.45, 7) is 1.81.